The van der Waals surface area contributed by atoms with E-state index in [0.29, 0.717) is 17.0 Å². The van der Waals surface area contributed by atoms with Gasteiger partial charge >= 0.3 is 0 Å². The van der Waals surface area contributed by atoms with Crippen LogP contribution in [0.2, 0.25) is 0 Å². The van der Waals surface area contributed by atoms with E-state index < -0.39 is 5.91 Å². The minimum atomic E-state index is -0.661. The highest BCUT2D eigenvalue weighted by atomic mass is 19.1. The van der Waals surface area contributed by atoms with E-state index in [-0.39, 0.29) is 11.6 Å². The maximum Gasteiger partial charge on any atom is 0.284 e. The first kappa shape index (κ1) is 10.4. The molecule has 2 rings (SSSR count). The first-order valence-electron chi connectivity index (χ1n) is 4.71. The van der Waals surface area contributed by atoms with Crippen molar-refractivity contribution in [3.05, 3.63) is 41.6 Å². The number of rotatable bonds is 2. The Hall–Kier alpha value is -2.17. The van der Waals surface area contributed by atoms with Crippen LogP contribution in [0.15, 0.2) is 24.3 Å². The molecular weight excluding hydrogens is 209 g/mol. The van der Waals surface area contributed by atoms with Gasteiger partial charge < -0.3 is 10.7 Å². The van der Waals surface area contributed by atoms with Gasteiger partial charge in [0.25, 0.3) is 5.91 Å². The summed E-state index contributed by atoms with van der Waals surface area (Å²) in [7, 11) is 0. The molecule has 5 heteroatoms. The summed E-state index contributed by atoms with van der Waals surface area (Å²) in [4.78, 5) is 17.6. The van der Waals surface area contributed by atoms with Crippen molar-refractivity contribution in [3.8, 4) is 11.3 Å². The molecule has 0 bridgehead atoms. The summed E-state index contributed by atoms with van der Waals surface area (Å²) in [5, 5.41) is 0. The standard InChI is InChI=1S/C11H10FN3O/c1-6-9(15-11(14-6)10(13)16)7-4-2-3-5-8(7)12/h2-5H,1H3,(H2,13,16)(H,14,15). The lowest BCUT2D eigenvalue weighted by molar-refractivity contribution is 0.0991. The second-order valence-electron chi connectivity index (χ2n) is 3.40. The largest absolute Gasteiger partial charge is 0.363 e. The van der Waals surface area contributed by atoms with Crippen molar-refractivity contribution in [3.63, 3.8) is 0 Å². The van der Waals surface area contributed by atoms with Gasteiger partial charge in [0.05, 0.1) is 5.69 Å². The second kappa shape index (κ2) is 3.77. The van der Waals surface area contributed by atoms with Gasteiger partial charge in [0.2, 0.25) is 0 Å². The number of hydrogen-bond acceptors (Lipinski definition) is 2. The van der Waals surface area contributed by atoms with Crippen LogP contribution in [0.5, 0.6) is 0 Å². The number of hydrogen-bond donors (Lipinski definition) is 2. The minimum absolute atomic E-state index is 0.0377. The van der Waals surface area contributed by atoms with E-state index in [1.807, 2.05) is 0 Å². The number of imidazole rings is 1. The van der Waals surface area contributed by atoms with Gasteiger partial charge in [-0.05, 0) is 19.1 Å². The minimum Gasteiger partial charge on any atom is -0.363 e. The van der Waals surface area contributed by atoms with E-state index >= 15 is 0 Å². The molecule has 2 aromatic rings. The van der Waals surface area contributed by atoms with Gasteiger partial charge in [-0.3, -0.25) is 4.79 Å². The number of aryl methyl sites for hydroxylation is 1. The molecule has 0 saturated carbocycles. The molecule has 4 nitrogen and oxygen atoms in total. The fourth-order valence-electron chi connectivity index (χ4n) is 1.49. The monoisotopic (exact) mass is 219 g/mol. The average Bonchev–Trinajstić information content (AvgIpc) is 2.61. The molecule has 0 spiro atoms. The van der Waals surface area contributed by atoms with E-state index in [0.717, 1.165) is 0 Å². The van der Waals surface area contributed by atoms with E-state index in [1.54, 1.807) is 25.1 Å². The number of H-pyrrole nitrogens is 1. The Morgan fingerprint density at radius 2 is 2.12 bits per heavy atom. The Labute approximate surface area is 91.3 Å². The molecule has 0 aliphatic rings. The van der Waals surface area contributed by atoms with Crippen molar-refractivity contribution < 1.29 is 9.18 Å². The molecule has 0 saturated heterocycles. The average molecular weight is 219 g/mol. The number of aromatic amines is 1. The van der Waals surface area contributed by atoms with Crippen molar-refractivity contribution in [2.45, 2.75) is 6.92 Å². The fourth-order valence-corrected chi connectivity index (χ4v) is 1.49. The first-order chi connectivity index (χ1) is 7.59. The quantitative estimate of drug-likeness (QED) is 0.805. The summed E-state index contributed by atoms with van der Waals surface area (Å²) in [5.41, 5.74) is 6.46. The summed E-state index contributed by atoms with van der Waals surface area (Å²) in [5.74, 6) is -1.01. The number of halogens is 1. The van der Waals surface area contributed by atoms with Gasteiger partial charge in [0, 0.05) is 11.3 Å². The smallest absolute Gasteiger partial charge is 0.284 e. The van der Waals surface area contributed by atoms with Gasteiger partial charge in [-0.1, -0.05) is 12.1 Å². The molecule has 1 aromatic carbocycles. The number of nitrogens with two attached hydrogens (primary N) is 1. The van der Waals surface area contributed by atoms with Crippen LogP contribution < -0.4 is 5.73 Å². The summed E-state index contributed by atoms with van der Waals surface area (Å²) >= 11 is 0. The lowest BCUT2D eigenvalue weighted by Gasteiger charge is -1.99. The Kier molecular flexibility index (Phi) is 2.44. The Morgan fingerprint density at radius 3 is 2.69 bits per heavy atom. The number of carbonyl (C=O) groups is 1. The topological polar surface area (TPSA) is 71.8 Å². The van der Waals surface area contributed by atoms with Crippen molar-refractivity contribution in [2.75, 3.05) is 0 Å². The molecule has 0 aliphatic carbocycles. The molecule has 0 fully saturated rings. The van der Waals surface area contributed by atoms with Crippen molar-refractivity contribution in [1.82, 2.24) is 9.97 Å². The lowest BCUT2D eigenvalue weighted by Crippen LogP contribution is -2.12. The fraction of sp³-hybridized carbons (Fsp3) is 0.0909. The first-order valence-corrected chi connectivity index (χ1v) is 4.71. The number of nitrogens with zero attached hydrogens (tertiary/aromatic N) is 1. The molecule has 82 valence electrons. The molecule has 0 unspecified atom stereocenters. The Balaban J connectivity index is 2.57. The zero-order valence-corrected chi connectivity index (χ0v) is 8.62. The van der Waals surface area contributed by atoms with Crippen molar-refractivity contribution >= 4 is 5.91 Å². The van der Waals surface area contributed by atoms with Crippen LogP contribution in [-0.2, 0) is 0 Å². The molecule has 1 heterocycles. The maximum absolute atomic E-state index is 13.5. The normalized spacial score (nSPS) is 10.4. The van der Waals surface area contributed by atoms with E-state index in [2.05, 4.69) is 9.97 Å². The number of primary amides is 1. The summed E-state index contributed by atoms with van der Waals surface area (Å²) < 4.78 is 13.5. The van der Waals surface area contributed by atoms with Gasteiger partial charge in [0.1, 0.15) is 5.82 Å². The summed E-state index contributed by atoms with van der Waals surface area (Å²) in [6, 6.07) is 6.24. The van der Waals surface area contributed by atoms with Crippen LogP contribution in [0.3, 0.4) is 0 Å². The number of amides is 1. The molecular formula is C11H10FN3O. The zero-order chi connectivity index (χ0) is 11.7. The molecule has 3 N–H and O–H groups in total. The molecule has 0 aliphatic heterocycles. The Bertz CT molecular complexity index is 548. The van der Waals surface area contributed by atoms with Gasteiger partial charge in [-0.15, -0.1) is 0 Å². The third kappa shape index (κ3) is 1.67. The van der Waals surface area contributed by atoms with Crippen molar-refractivity contribution in [2.24, 2.45) is 5.73 Å². The maximum atomic E-state index is 13.5. The third-order valence-electron chi connectivity index (χ3n) is 2.25. The zero-order valence-electron chi connectivity index (χ0n) is 8.62. The number of carbonyl (C=O) groups excluding carboxylic acids is 1. The second-order valence-corrected chi connectivity index (χ2v) is 3.40. The summed E-state index contributed by atoms with van der Waals surface area (Å²) in [6.45, 7) is 1.71. The van der Waals surface area contributed by atoms with Crippen LogP contribution >= 0.6 is 0 Å². The van der Waals surface area contributed by atoms with Crippen LogP contribution in [0.25, 0.3) is 11.3 Å². The highest BCUT2D eigenvalue weighted by Crippen LogP contribution is 2.23. The molecule has 1 aromatic heterocycles. The van der Waals surface area contributed by atoms with E-state index in [1.165, 1.54) is 6.07 Å². The number of aromatic nitrogens is 2. The van der Waals surface area contributed by atoms with Gasteiger partial charge in [0.15, 0.2) is 5.82 Å². The van der Waals surface area contributed by atoms with E-state index in [9.17, 15) is 9.18 Å². The van der Waals surface area contributed by atoms with Crippen LogP contribution in [-0.4, -0.2) is 15.9 Å². The van der Waals surface area contributed by atoms with E-state index in [4.69, 9.17) is 5.73 Å². The predicted octanol–water partition coefficient (Wildman–Crippen LogP) is 1.62. The number of nitrogens with one attached hydrogen (secondary N) is 1. The third-order valence-corrected chi connectivity index (χ3v) is 2.25. The van der Waals surface area contributed by atoms with Gasteiger partial charge in [-0.25, -0.2) is 9.37 Å². The van der Waals surface area contributed by atoms with Gasteiger partial charge in [-0.2, -0.15) is 0 Å². The molecule has 0 radical (unpaired) electrons. The molecule has 1 amide bonds. The Morgan fingerprint density at radius 1 is 1.44 bits per heavy atom. The SMILES string of the molecule is Cc1[nH]c(C(N)=O)nc1-c1ccccc1F. The highest BCUT2D eigenvalue weighted by molar-refractivity contribution is 5.90. The lowest BCUT2D eigenvalue weighted by atomic mass is 10.1. The highest BCUT2D eigenvalue weighted by Gasteiger charge is 2.14. The molecule has 16 heavy (non-hydrogen) atoms. The van der Waals surface area contributed by atoms with Crippen LogP contribution in [0, 0.1) is 12.7 Å². The predicted molar refractivity (Wildman–Crippen MR) is 57.2 cm³/mol. The van der Waals surface area contributed by atoms with Crippen molar-refractivity contribution in [1.29, 1.82) is 0 Å². The number of benzene rings is 1. The molecule has 0 atom stereocenters. The summed E-state index contributed by atoms with van der Waals surface area (Å²) in [6.07, 6.45) is 0. The van der Waals surface area contributed by atoms with Crippen LogP contribution in [0.4, 0.5) is 4.39 Å². The van der Waals surface area contributed by atoms with Crippen LogP contribution in [0.1, 0.15) is 16.3 Å².